The van der Waals surface area contributed by atoms with Gasteiger partial charge in [0.25, 0.3) is 0 Å². The summed E-state index contributed by atoms with van der Waals surface area (Å²) in [6.07, 6.45) is 0. The molecular formula is C23H30N6O3. The van der Waals surface area contributed by atoms with Crippen LogP contribution >= 0.6 is 0 Å². The molecule has 0 saturated carbocycles. The molecule has 0 atom stereocenters. The molecule has 0 aliphatic carbocycles. The third-order valence-corrected chi connectivity index (χ3v) is 5.37. The van der Waals surface area contributed by atoms with Gasteiger partial charge in [0.2, 0.25) is 0 Å². The number of ether oxygens (including phenoxy) is 1. The van der Waals surface area contributed by atoms with Crippen molar-refractivity contribution in [3.05, 3.63) is 42.1 Å². The van der Waals surface area contributed by atoms with Gasteiger partial charge in [-0.15, -0.1) is 5.10 Å². The summed E-state index contributed by atoms with van der Waals surface area (Å²) in [5.74, 6) is 1.52. The Morgan fingerprint density at radius 2 is 1.84 bits per heavy atom. The lowest BCUT2D eigenvalue weighted by Gasteiger charge is -2.29. The van der Waals surface area contributed by atoms with E-state index in [1.165, 1.54) is 0 Å². The number of aliphatic hydroxyl groups excluding tert-OH is 1. The Hall–Kier alpha value is -3.17. The van der Waals surface area contributed by atoms with E-state index in [-0.39, 0.29) is 24.6 Å². The van der Waals surface area contributed by atoms with E-state index in [1.807, 2.05) is 28.8 Å². The third kappa shape index (κ3) is 4.68. The average molecular weight is 439 g/mol. The number of nitrogens with one attached hydrogen (secondary N) is 2. The second-order valence-corrected chi connectivity index (χ2v) is 8.81. The Morgan fingerprint density at radius 1 is 1.12 bits per heavy atom. The van der Waals surface area contributed by atoms with Gasteiger partial charge in [-0.05, 0) is 36.4 Å². The number of nitrogens with zero attached hydrogens (tertiary/aromatic N) is 4. The molecule has 3 heterocycles. The minimum absolute atomic E-state index is 0.0734. The van der Waals surface area contributed by atoms with Crippen molar-refractivity contribution in [3.63, 3.8) is 0 Å². The predicted octanol–water partition coefficient (Wildman–Crippen LogP) is 2.64. The van der Waals surface area contributed by atoms with E-state index in [9.17, 15) is 4.79 Å². The van der Waals surface area contributed by atoms with Crippen molar-refractivity contribution in [2.75, 3.05) is 49.7 Å². The number of amides is 2. The first-order valence-corrected chi connectivity index (χ1v) is 10.9. The lowest BCUT2D eigenvalue weighted by atomic mass is 9.93. The first-order valence-electron chi connectivity index (χ1n) is 10.9. The van der Waals surface area contributed by atoms with Gasteiger partial charge in [0.15, 0.2) is 11.6 Å². The Balaban J connectivity index is 1.71. The largest absolute Gasteiger partial charge is 0.395 e. The Kier molecular flexibility index (Phi) is 6.29. The molecule has 0 unspecified atom stereocenters. The number of aliphatic hydroxyl groups is 1. The fraction of sp³-hybridized carbons (Fsp3) is 0.435. The van der Waals surface area contributed by atoms with Gasteiger partial charge in [0.05, 0.1) is 19.8 Å². The van der Waals surface area contributed by atoms with Gasteiger partial charge in [0.1, 0.15) is 5.52 Å². The van der Waals surface area contributed by atoms with Crippen molar-refractivity contribution in [3.8, 4) is 11.4 Å². The van der Waals surface area contributed by atoms with E-state index < -0.39 is 0 Å². The number of hydrogen-bond acceptors (Lipinski definition) is 6. The van der Waals surface area contributed by atoms with Gasteiger partial charge >= 0.3 is 6.03 Å². The lowest BCUT2D eigenvalue weighted by Crippen LogP contribution is -2.37. The zero-order valence-electron chi connectivity index (χ0n) is 18.8. The molecule has 32 heavy (non-hydrogen) atoms. The maximum absolute atomic E-state index is 11.8. The molecule has 3 aromatic rings. The highest BCUT2D eigenvalue weighted by Crippen LogP contribution is 2.30. The zero-order valence-corrected chi connectivity index (χ0v) is 18.8. The van der Waals surface area contributed by atoms with Crippen molar-refractivity contribution in [2.45, 2.75) is 26.2 Å². The third-order valence-electron chi connectivity index (χ3n) is 5.37. The standard InChI is InChI=1S/C23H30N6O3/c1-23(2,3)19-9-8-18-21(28-11-14-32-15-12-28)26-20(27-29(18)19)16-4-6-17(7-5-16)25-22(31)24-10-13-30/h4-9,30H,10-15H2,1-3H3,(H2,24,25,31). The molecule has 9 nitrogen and oxygen atoms in total. The first-order chi connectivity index (χ1) is 15.4. The monoisotopic (exact) mass is 438 g/mol. The second kappa shape index (κ2) is 9.13. The smallest absolute Gasteiger partial charge is 0.319 e. The molecule has 0 spiro atoms. The summed E-state index contributed by atoms with van der Waals surface area (Å²) in [4.78, 5) is 19.0. The Bertz CT molecular complexity index is 1080. The van der Waals surface area contributed by atoms with Crippen molar-refractivity contribution >= 4 is 23.1 Å². The van der Waals surface area contributed by atoms with Crippen LogP contribution in [-0.4, -0.2) is 65.2 Å². The summed E-state index contributed by atoms with van der Waals surface area (Å²) in [6, 6.07) is 11.3. The SMILES string of the molecule is CC(C)(C)c1ccc2c(N3CCOCC3)nc(-c3ccc(NC(=O)NCCO)cc3)nn12. The van der Waals surface area contributed by atoms with Crippen LogP contribution in [0.4, 0.5) is 16.3 Å². The fourth-order valence-corrected chi connectivity index (χ4v) is 3.73. The number of carbonyl (C=O) groups excluding carboxylic acids is 1. The van der Waals surface area contributed by atoms with Crippen LogP contribution in [0.5, 0.6) is 0 Å². The molecule has 2 aromatic heterocycles. The van der Waals surface area contributed by atoms with Crippen LogP contribution in [0.2, 0.25) is 0 Å². The quantitative estimate of drug-likeness (QED) is 0.566. The molecule has 1 aliphatic heterocycles. The van der Waals surface area contributed by atoms with Crippen molar-refractivity contribution in [1.82, 2.24) is 19.9 Å². The summed E-state index contributed by atoms with van der Waals surface area (Å²) in [5.41, 5.74) is 3.53. The maximum atomic E-state index is 11.8. The number of hydrogen-bond donors (Lipinski definition) is 3. The van der Waals surface area contributed by atoms with Crippen molar-refractivity contribution < 1.29 is 14.6 Å². The highest BCUT2D eigenvalue weighted by molar-refractivity contribution is 5.89. The number of urea groups is 1. The maximum Gasteiger partial charge on any atom is 0.319 e. The van der Waals surface area contributed by atoms with E-state index in [0.29, 0.717) is 24.7 Å². The van der Waals surface area contributed by atoms with Crippen LogP contribution in [0.1, 0.15) is 26.5 Å². The highest BCUT2D eigenvalue weighted by Gasteiger charge is 2.24. The van der Waals surface area contributed by atoms with Crippen LogP contribution in [0, 0.1) is 0 Å². The molecule has 2 amide bonds. The van der Waals surface area contributed by atoms with E-state index in [1.54, 1.807) is 0 Å². The van der Waals surface area contributed by atoms with E-state index in [4.69, 9.17) is 19.9 Å². The van der Waals surface area contributed by atoms with Gasteiger partial charge in [-0.25, -0.2) is 14.3 Å². The molecule has 9 heteroatoms. The van der Waals surface area contributed by atoms with Gasteiger partial charge in [-0.3, -0.25) is 0 Å². The molecule has 1 aromatic carbocycles. The zero-order chi connectivity index (χ0) is 22.7. The summed E-state index contributed by atoms with van der Waals surface area (Å²) in [6.45, 7) is 9.55. The van der Waals surface area contributed by atoms with Crippen LogP contribution in [0.3, 0.4) is 0 Å². The number of benzene rings is 1. The summed E-state index contributed by atoms with van der Waals surface area (Å²) in [7, 11) is 0. The van der Waals surface area contributed by atoms with Crippen LogP contribution in [0.15, 0.2) is 36.4 Å². The average Bonchev–Trinajstić information content (AvgIpc) is 3.23. The summed E-state index contributed by atoms with van der Waals surface area (Å²) in [5, 5.41) is 19.0. The predicted molar refractivity (Wildman–Crippen MR) is 124 cm³/mol. The number of fused-ring (bicyclic) bond motifs is 1. The highest BCUT2D eigenvalue weighted by atomic mass is 16.5. The molecule has 1 saturated heterocycles. The second-order valence-electron chi connectivity index (χ2n) is 8.81. The molecule has 4 rings (SSSR count). The number of aromatic nitrogens is 3. The molecule has 170 valence electrons. The fourth-order valence-electron chi connectivity index (χ4n) is 3.73. The van der Waals surface area contributed by atoms with Crippen LogP contribution < -0.4 is 15.5 Å². The molecule has 0 bridgehead atoms. The van der Waals surface area contributed by atoms with Crippen molar-refractivity contribution in [1.29, 1.82) is 0 Å². The normalized spacial score (nSPS) is 14.6. The Labute approximate surface area is 187 Å². The van der Waals surface area contributed by atoms with E-state index in [2.05, 4.69) is 48.4 Å². The first kappa shape index (κ1) is 22.0. The molecule has 1 aliphatic rings. The number of rotatable bonds is 5. The molecule has 1 fully saturated rings. The van der Waals surface area contributed by atoms with E-state index in [0.717, 1.165) is 35.7 Å². The van der Waals surface area contributed by atoms with Gasteiger partial charge in [-0.1, -0.05) is 20.8 Å². The van der Waals surface area contributed by atoms with Gasteiger partial charge in [0, 0.05) is 42.0 Å². The number of anilines is 2. The summed E-state index contributed by atoms with van der Waals surface area (Å²) < 4.78 is 7.53. The number of carbonyl (C=O) groups is 1. The van der Waals surface area contributed by atoms with E-state index >= 15 is 0 Å². The minimum atomic E-state index is -0.360. The van der Waals surface area contributed by atoms with Crippen LogP contribution in [0.25, 0.3) is 16.9 Å². The van der Waals surface area contributed by atoms with Crippen molar-refractivity contribution in [2.24, 2.45) is 0 Å². The van der Waals surface area contributed by atoms with Crippen LogP contribution in [-0.2, 0) is 10.2 Å². The number of morpholine rings is 1. The molecule has 3 N–H and O–H groups in total. The minimum Gasteiger partial charge on any atom is -0.395 e. The topological polar surface area (TPSA) is 104 Å². The van der Waals surface area contributed by atoms with Gasteiger partial charge in [-0.2, -0.15) is 0 Å². The molecular weight excluding hydrogens is 408 g/mol. The Morgan fingerprint density at radius 3 is 2.50 bits per heavy atom. The summed E-state index contributed by atoms with van der Waals surface area (Å²) >= 11 is 0. The van der Waals surface area contributed by atoms with Gasteiger partial charge < -0.3 is 25.4 Å². The lowest BCUT2D eigenvalue weighted by molar-refractivity contribution is 0.122. The molecule has 0 radical (unpaired) electrons.